The predicted molar refractivity (Wildman–Crippen MR) is 105 cm³/mol. The van der Waals surface area contributed by atoms with Crippen molar-refractivity contribution in [2.45, 2.75) is 51.9 Å². The molecule has 1 fully saturated rings. The van der Waals surface area contributed by atoms with Crippen LogP contribution >= 0.6 is 0 Å². The Bertz CT molecular complexity index is 707. The van der Waals surface area contributed by atoms with E-state index < -0.39 is 0 Å². The molecule has 1 N–H and O–H groups in total. The third kappa shape index (κ3) is 4.32. The lowest BCUT2D eigenvalue weighted by Gasteiger charge is -2.21. The average Bonchev–Trinajstić information content (AvgIpc) is 3.14. The van der Waals surface area contributed by atoms with Crippen molar-refractivity contribution in [3.63, 3.8) is 0 Å². The summed E-state index contributed by atoms with van der Waals surface area (Å²) in [5.41, 5.74) is 5.01. The molecule has 2 aromatic heterocycles. The van der Waals surface area contributed by atoms with E-state index in [-0.39, 0.29) is 0 Å². The highest BCUT2D eigenvalue weighted by Crippen LogP contribution is 2.39. The number of allylic oxidation sites excluding steroid dienone is 4. The van der Waals surface area contributed by atoms with E-state index in [1.807, 2.05) is 32.1 Å². The van der Waals surface area contributed by atoms with Crippen LogP contribution in [-0.4, -0.2) is 20.2 Å². The van der Waals surface area contributed by atoms with Gasteiger partial charge in [0.1, 0.15) is 12.0 Å². The molecule has 0 saturated heterocycles. The molecule has 4 nitrogen and oxygen atoms in total. The Morgan fingerprint density at radius 2 is 1.96 bits per heavy atom. The highest BCUT2D eigenvalue weighted by molar-refractivity contribution is 5.84. The second-order valence-corrected chi connectivity index (χ2v) is 5.85. The van der Waals surface area contributed by atoms with Crippen LogP contribution in [0.15, 0.2) is 50.0 Å². The molecule has 1 aliphatic carbocycles. The smallest absolute Gasteiger partial charge is 0.116 e. The van der Waals surface area contributed by atoms with Crippen LogP contribution in [0.3, 0.4) is 0 Å². The first-order valence-electron chi connectivity index (χ1n) is 9.15. The summed E-state index contributed by atoms with van der Waals surface area (Å²) in [7, 11) is 0. The van der Waals surface area contributed by atoms with E-state index in [1.54, 1.807) is 18.6 Å². The van der Waals surface area contributed by atoms with Gasteiger partial charge in [-0.3, -0.25) is 5.10 Å². The van der Waals surface area contributed by atoms with E-state index in [0.29, 0.717) is 5.92 Å². The van der Waals surface area contributed by atoms with Gasteiger partial charge in [-0.15, -0.1) is 0 Å². The minimum atomic E-state index is 0.518. The summed E-state index contributed by atoms with van der Waals surface area (Å²) < 4.78 is 0. The van der Waals surface area contributed by atoms with Gasteiger partial charge in [0.2, 0.25) is 0 Å². The molecule has 2 heterocycles. The van der Waals surface area contributed by atoms with Crippen molar-refractivity contribution in [3.05, 3.63) is 61.4 Å². The van der Waals surface area contributed by atoms with Crippen LogP contribution in [0.2, 0.25) is 0 Å². The fourth-order valence-electron chi connectivity index (χ4n) is 3.32. The van der Waals surface area contributed by atoms with Crippen LogP contribution in [0.5, 0.6) is 0 Å². The van der Waals surface area contributed by atoms with Crippen molar-refractivity contribution in [3.8, 4) is 11.3 Å². The maximum Gasteiger partial charge on any atom is 0.116 e. The first-order valence-corrected chi connectivity index (χ1v) is 9.15. The number of hydrogen-bond donors (Lipinski definition) is 1. The minimum Gasteiger partial charge on any atom is -0.281 e. The molecule has 132 valence electrons. The van der Waals surface area contributed by atoms with Gasteiger partial charge < -0.3 is 0 Å². The quantitative estimate of drug-likeness (QED) is 0.713. The van der Waals surface area contributed by atoms with Crippen LogP contribution in [0, 0.1) is 0 Å². The molecule has 2 aromatic rings. The summed E-state index contributed by atoms with van der Waals surface area (Å²) in [6.45, 7) is 11.7. The second kappa shape index (κ2) is 9.72. The third-order valence-electron chi connectivity index (χ3n) is 4.44. The molecule has 0 atom stereocenters. The molecule has 0 amide bonds. The Balaban J connectivity index is 0.00000109. The van der Waals surface area contributed by atoms with E-state index in [1.165, 1.54) is 37.8 Å². The van der Waals surface area contributed by atoms with Gasteiger partial charge in [-0.05, 0) is 18.9 Å². The van der Waals surface area contributed by atoms with E-state index in [4.69, 9.17) is 0 Å². The number of aromatic nitrogens is 4. The van der Waals surface area contributed by atoms with Gasteiger partial charge in [-0.1, -0.05) is 64.5 Å². The third-order valence-corrected chi connectivity index (χ3v) is 4.44. The molecule has 0 aromatic carbocycles. The number of aromatic amines is 1. The van der Waals surface area contributed by atoms with Gasteiger partial charge in [0.05, 0.1) is 5.69 Å². The Morgan fingerprint density at radius 1 is 1.20 bits per heavy atom. The molecule has 4 heteroatoms. The lowest BCUT2D eigenvalue weighted by atomic mass is 9.84. The van der Waals surface area contributed by atoms with Crippen molar-refractivity contribution in [1.82, 2.24) is 20.2 Å². The van der Waals surface area contributed by atoms with Gasteiger partial charge in [-0.25, -0.2) is 9.97 Å². The van der Waals surface area contributed by atoms with E-state index in [2.05, 4.69) is 33.3 Å². The molecule has 0 aliphatic heterocycles. The Labute approximate surface area is 150 Å². The molecule has 1 saturated carbocycles. The Kier molecular flexibility index (Phi) is 7.33. The van der Waals surface area contributed by atoms with Crippen molar-refractivity contribution in [2.75, 3.05) is 0 Å². The molecule has 0 unspecified atom stereocenters. The van der Waals surface area contributed by atoms with Crippen molar-refractivity contribution in [1.29, 1.82) is 0 Å². The van der Waals surface area contributed by atoms with E-state index in [0.717, 1.165) is 22.5 Å². The van der Waals surface area contributed by atoms with Crippen molar-refractivity contribution in [2.24, 2.45) is 0 Å². The van der Waals surface area contributed by atoms with Crippen LogP contribution < -0.4 is 0 Å². The van der Waals surface area contributed by atoms with Crippen LogP contribution in [0.4, 0.5) is 0 Å². The molecule has 3 rings (SSSR count). The molecule has 0 radical (unpaired) electrons. The standard InChI is InChI=1S/C19H22N4.C2H6/c1-3-8-14(4-2)18-17(16-11-12-20-13-21-16)19(23-22-18)15-9-6-5-7-10-15;1-2/h3-4,8,11-13,15H,1-2,5-7,9-10H2,(H,22,23);1-2H3/b14-8+;. The molecular formula is C21H28N4. The van der Waals surface area contributed by atoms with Crippen LogP contribution in [0.25, 0.3) is 16.8 Å². The highest BCUT2D eigenvalue weighted by Gasteiger charge is 2.25. The fraction of sp³-hybridized carbons (Fsp3) is 0.381. The summed E-state index contributed by atoms with van der Waals surface area (Å²) in [5.74, 6) is 0.518. The maximum atomic E-state index is 4.58. The van der Waals surface area contributed by atoms with Gasteiger partial charge in [0.25, 0.3) is 0 Å². The van der Waals surface area contributed by atoms with Crippen molar-refractivity contribution < 1.29 is 0 Å². The average molecular weight is 336 g/mol. The number of H-pyrrole nitrogens is 1. The van der Waals surface area contributed by atoms with Gasteiger partial charge in [0.15, 0.2) is 0 Å². The molecule has 0 spiro atoms. The molecule has 0 bridgehead atoms. The number of nitrogens with zero attached hydrogens (tertiary/aromatic N) is 3. The maximum absolute atomic E-state index is 4.58. The first kappa shape index (κ1) is 18.8. The summed E-state index contributed by atoms with van der Waals surface area (Å²) in [5, 5.41) is 7.87. The molecule has 25 heavy (non-hydrogen) atoms. The van der Waals surface area contributed by atoms with Crippen LogP contribution in [-0.2, 0) is 0 Å². The highest BCUT2D eigenvalue weighted by atomic mass is 15.1. The summed E-state index contributed by atoms with van der Waals surface area (Å²) >= 11 is 0. The number of nitrogens with one attached hydrogen (secondary N) is 1. The zero-order chi connectivity index (χ0) is 18.1. The van der Waals surface area contributed by atoms with Crippen molar-refractivity contribution >= 4 is 5.57 Å². The van der Waals surface area contributed by atoms with Gasteiger partial charge >= 0.3 is 0 Å². The topological polar surface area (TPSA) is 54.5 Å². The van der Waals surface area contributed by atoms with Gasteiger partial charge in [-0.2, -0.15) is 5.10 Å². The number of rotatable bonds is 5. The monoisotopic (exact) mass is 336 g/mol. The first-order chi connectivity index (χ1) is 12.3. The largest absolute Gasteiger partial charge is 0.281 e. The zero-order valence-electron chi connectivity index (χ0n) is 15.3. The Morgan fingerprint density at radius 3 is 2.56 bits per heavy atom. The number of hydrogen-bond acceptors (Lipinski definition) is 3. The lowest BCUT2D eigenvalue weighted by molar-refractivity contribution is 0.437. The minimum absolute atomic E-state index is 0.518. The van der Waals surface area contributed by atoms with Gasteiger partial charge in [0, 0.05) is 28.9 Å². The zero-order valence-corrected chi connectivity index (χ0v) is 15.3. The lowest BCUT2D eigenvalue weighted by Crippen LogP contribution is -2.06. The van der Waals surface area contributed by atoms with Crippen LogP contribution in [0.1, 0.15) is 63.3 Å². The molecule has 1 aliphatic rings. The van der Waals surface area contributed by atoms with E-state index in [9.17, 15) is 0 Å². The summed E-state index contributed by atoms with van der Waals surface area (Å²) in [6, 6.07) is 1.94. The molecular weight excluding hydrogens is 308 g/mol. The fourth-order valence-corrected chi connectivity index (χ4v) is 3.32. The second-order valence-electron chi connectivity index (χ2n) is 5.85. The summed E-state index contributed by atoms with van der Waals surface area (Å²) in [6.07, 6.45) is 15.1. The SMILES string of the molecule is C=C/C=C(\C=C)c1n[nH]c(C2CCCCC2)c1-c1ccncn1.CC. The Hall–Kier alpha value is -2.49. The summed E-state index contributed by atoms with van der Waals surface area (Å²) in [4.78, 5) is 8.49. The van der Waals surface area contributed by atoms with E-state index >= 15 is 0 Å². The predicted octanol–water partition coefficient (Wildman–Crippen LogP) is 5.70. The normalized spacial score (nSPS) is 15.2.